The molecule has 0 N–H and O–H groups in total. The molecule has 0 bridgehead atoms. The maximum atomic E-state index is 13.8. The van der Waals surface area contributed by atoms with Gasteiger partial charge in [0.15, 0.2) is 5.43 Å². The lowest BCUT2D eigenvalue weighted by Gasteiger charge is -2.28. The summed E-state index contributed by atoms with van der Waals surface area (Å²) in [5.74, 6) is 0. The lowest BCUT2D eigenvalue weighted by Crippen LogP contribution is -2.41. The number of nitrogens with zero attached hydrogens (tertiary/aromatic N) is 2. The predicted octanol–water partition coefficient (Wildman–Crippen LogP) is 10.7. The number of anilines is 3. The van der Waals surface area contributed by atoms with Crippen LogP contribution in [0.4, 0.5) is 17.1 Å². The Hall–Kier alpha value is -5.35. The van der Waals surface area contributed by atoms with Crippen LogP contribution in [0.5, 0.6) is 0 Å². The topological polar surface area (TPSA) is 36.7 Å². The van der Waals surface area contributed by atoms with E-state index in [0.717, 1.165) is 28.3 Å². The molecular formula is C45H54N2O2. The van der Waals surface area contributed by atoms with E-state index >= 15 is 0 Å². The molecule has 0 aliphatic heterocycles. The maximum Gasteiger partial charge on any atom is 0.200 e. The smallest absolute Gasteiger partial charge is 0.200 e. The summed E-state index contributed by atoms with van der Waals surface area (Å²) >= 11 is 0. The monoisotopic (exact) mass is 654 g/mol. The van der Waals surface area contributed by atoms with Gasteiger partial charge < -0.3 is 14.2 Å². The number of rotatable bonds is 8. The third kappa shape index (κ3) is 10.3. The van der Waals surface area contributed by atoms with Crippen LogP contribution in [0.25, 0.3) is 23.1 Å². The second-order valence-electron chi connectivity index (χ2n) is 10.5. The van der Waals surface area contributed by atoms with Crippen molar-refractivity contribution >= 4 is 40.2 Å². The first-order valence-corrected chi connectivity index (χ1v) is 17.2. The Balaban J connectivity index is 0.000000667. The fraction of sp³-hybridized carbons (Fsp3) is 0.222. The number of allylic oxidation sites excluding steroid dienone is 9. The number of para-hydroxylation sites is 2. The highest BCUT2D eigenvalue weighted by atomic mass is 16.3. The van der Waals surface area contributed by atoms with Gasteiger partial charge in [0.05, 0.1) is 22.3 Å². The minimum atomic E-state index is -0.0812. The molecule has 1 heterocycles. The molecule has 1 aliphatic carbocycles. The van der Waals surface area contributed by atoms with Crippen LogP contribution in [0.3, 0.4) is 0 Å². The summed E-state index contributed by atoms with van der Waals surface area (Å²) in [4.78, 5) is 18.2. The predicted molar refractivity (Wildman–Crippen MR) is 217 cm³/mol. The zero-order valence-electron chi connectivity index (χ0n) is 30.9. The van der Waals surface area contributed by atoms with E-state index in [9.17, 15) is 4.79 Å². The molecular weight excluding hydrogens is 601 g/mol. The van der Waals surface area contributed by atoms with Crippen LogP contribution in [0.2, 0.25) is 0 Å². The summed E-state index contributed by atoms with van der Waals surface area (Å²) in [5.41, 5.74) is 6.19. The number of benzene rings is 3. The van der Waals surface area contributed by atoms with Gasteiger partial charge in [-0.25, -0.2) is 0 Å². The van der Waals surface area contributed by atoms with Crippen molar-refractivity contribution in [3.05, 3.63) is 172 Å². The molecule has 1 atom stereocenters. The Morgan fingerprint density at radius 3 is 2.02 bits per heavy atom. The molecule has 0 radical (unpaired) electrons. The van der Waals surface area contributed by atoms with E-state index in [1.807, 2.05) is 160 Å². The van der Waals surface area contributed by atoms with Crippen molar-refractivity contribution in [3.8, 4) is 0 Å². The quantitative estimate of drug-likeness (QED) is 0.177. The lowest BCUT2D eigenvalue weighted by atomic mass is 10.1. The van der Waals surface area contributed by atoms with Crippen molar-refractivity contribution in [2.24, 2.45) is 0 Å². The van der Waals surface area contributed by atoms with E-state index in [1.165, 1.54) is 0 Å². The SMILES string of the molecule is C/C=C\C(=C/C)N(c1ccccc1)c1ccc2c(=O)c3c(oc2c1C)=CC=CC(N(C)c1ccccc1)C=3.C=C/C=C\C=C/C.CC.CC. The Labute approximate surface area is 294 Å². The molecule has 1 aliphatic rings. The van der Waals surface area contributed by atoms with E-state index in [1.54, 1.807) is 6.08 Å². The average molecular weight is 655 g/mol. The number of hydrogen-bond acceptors (Lipinski definition) is 4. The summed E-state index contributed by atoms with van der Waals surface area (Å²) in [7, 11) is 2.03. The Bertz CT molecular complexity index is 1940. The zero-order chi connectivity index (χ0) is 36.2. The van der Waals surface area contributed by atoms with Crippen molar-refractivity contribution in [2.75, 3.05) is 16.8 Å². The van der Waals surface area contributed by atoms with Gasteiger partial charge in [0.25, 0.3) is 0 Å². The van der Waals surface area contributed by atoms with Crippen molar-refractivity contribution < 1.29 is 4.42 Å². The van der Waals surface area contributed by atoms with Crippen LogP contribution >= 0.6 is 0 Å². The van der Waals surface area contributed by atoms with Crippen molar-refractivity contribution in [1.29, 1.82) is 0 Å². The molecule has 4 aromatic rings. The first-order chi connectivity index (χ1) is 23.9. The molecule has 256 valence electrons. The Kier molecular flexibility index (Phi) is 17.5. The van der Waals surface area contributed by atoms with Gasteiger partial charge in [0, 0.05) is 29.7 Å². The molecule has 0 fully saturated rings. The molecule has 4 heteroatoms. The van der Waals surface area contributed by atoms with Crippen LogP contribution in [0, 0.1) is 6.92 Å². The lowest BCUT2D eigenvalue weighted by molar-refractivity contribution is 0.556. The molecule has 0 spiro atoms. The second-order valence-corrected chi connectivity index (χ2v) is 10.5. The van der Waals surface area contributed by atoms with E-state index < -0.39 is 0 Å². The number of hydrogen-bond donors (Lipinski definition) is 0. The largest absolute Gasteiger partial charge is 0.455 e. The summed E-state index contributed by atoms with van der Waals surface area (Å²) in [6.45, 7) is 19.6. The van der Waals surface area contributed by atoms with Crippen LogP contribution in [-0.4, -0.2) is 13.1 Å². The van der Waals surface area contributed by atoms with Gasteiger partial charge in [0.2, 0.25) is 0 Å². The minimum absolute atomic E-state index is 0.0201. The van der Waals surface area contributed by atoms with Gasteiger partial charge in [-0.2, -0.15) is 0 Å². The Morgan fingerprint density at radius 2 is 1.45 bits per heavy atom. The van der Waals surface area contributed by atoms with E-state index in [0.29, 0.717) is 21.6 Å². The van der Waals surface area contributed by atoms with Crippen molar-refractivity contribution in [2.45, 2.75) is 61.4 Å². The second kappa shape index (κ2) is 21.5. The molecule has 0 amide bonds. The Morgan fingerprint density at radius 1 is 0.816 bits per heavy atom. The first kappa shape index (κ1) is 39.8. The molecule has 4 nitrogen and oxygen atoms in total. The molecule has 3 aromatic carbocycles. The van der Waals surface area contributed by atoms with Gasteiger partial charge in [-0.1, -0.05) is 125 Å². The van der Waals surface area contributed by atoms with Crippen LogP contribution in [0.1, 0.15) is 54.0 Å². The van der Waals surface area contributed by atoms with Crippen LogP contribution in [0.15, 0.2) is 155 Å². The first-order valence-electron chi connectivity index (χ1n) is 17.2. The summed E-state index contributed by atoms with van der Waals surface area (Å²) < 4.78 is 6.49. The van der Waals surface area contributed by atoms with E-state index in [2.05, 4.69) is 58.9 Å². The molecule has 0 saturated heterocycles. The fourth-order valence-corrected chi connectivity index (χ4v) is 5.23. The minimum Gasteiger partial charge on any atom is -0.455 e. The highest BCUT2D eigenvalue weighted by Gasteiger charge is 2.19. The van der Waals surface area contributed by atoms with Crippen LogP contribution in [-0.2, 0) is 0 Å². The summed E-state index contributed by atoms with van der Waals surface area (Å²) in [6, 6.07) is 24.2. The van der Waals surface area contributed by atoms with Gasteiger partial charge >= 0.3 is 0 Å². The summed E-state index contributed by atoms with van der Waals surface area (Å²) in [5, 5.41) is 1.17. The van der Waals surface area contributed by atoms with Gasteiger partial charge in [0.1, 0.15) is 11.0 Å². The maximum absolute atomic E-state index is 13.8. The van der Waals surface area contributed by atoms with Gasteiger partial charge in [-0.05, 0) is 82.3 Å². The molecule has 49 heavy (non-hydrogen) atoms. The van der Waals surface area contributed by atoms with Crippen molar-refractivity contribution in [1.82, 2.24) is 0 Å². The highest BCUT2D eigenvalue weighted by molar-refractivity contribution is 5.88. The third-order valence-corrected chi connectivity index (χ3v) is 7.55. The molecule has 1 unspecified atom stereocenters. The molecule has 0 saturated carbocycles. The average Bonchev–Trinajstić information content (AvgIpc) is 3.38. The fourth-order valence-electron chi connectivity index (χ4n) is 5.23. The standard InChI is InChI=1S/C34H32N2O2.C7H10.2C2H6/c1-5-14-25(6-2)36(27-17-11-8-12-18-27)31-22-21-29-33(37)30-23-28(35(4)26-15-9-7-10-16-26)19-13-20-32(30)38-34(29)24(31)3;1-3-5-7-6-4-2;2*1-2/h5-23,28H,1-4H3;3-7H,1H2,2H3;2*1-2H3/b14-5-,25-6+;6-4-,7-5-;;. The summed E-state index contributed by atoms with van der Waals surface area (Å²) in [6.07, 6.45) is 23.6. The number of aryl methyl sites for hydroxylation is 1. The number of likely N-dealkylation sites (N-methyl/N-ethyl adjacent to an activating group) is 1. The van der Waals surface area contributed by atoms with E-state index in [-0.39, 0.29) is 11.5 Å². The normalized spacial score (nSPS) is 13.5. The van der Waals surface area contributed by atoms with Crippen LogP contribution < -0.4 is 25.9 Å². The van der Waals surface area contributed by atoms with Crippen molar-refractivity contribution in [3.63, 3.8) is 0 Å². The number of fused-ring (bicyclic) bond motifs is 2. The van der Waals surface area contributed by atoms with Gasteiger partial charge in [-0.3, -0.25) is 4.79 Å². The van der Waals surface area contributed by atoms with E-state index in [4.69, 9.17) is 4.42 Å². The third-order valence-electron chi connectivity index (χ3n) is 7.55. The zero-order valence-corrected chi connectivity index (χ0v) is 30.9. The molecule has 5 rings (SSSR count). The molecule has 1 aromatic heterocycles. The van der Waals surface area contributed by atoms with Gasteiger partial charge in [-0.15, -0.1) is 0 Å². The highest BCUT2D eigenvalue weighted by Crippen LogP contribution is 2.35.